The van der Waals surface area contributed by atoms with Crippen LogP contribution in [0.25, 0.3) is 0 Å². The van der Waals surface area contributed by atoms with E-state index in [2.05, 4.69) is 30.2 Å². The van der Waals surface area contributed by atoms with Crippen LogP contribution in [0.2, 0.25) is 0 Å². The van der Waals surface area contributed by atoms with Gasteiger partial charge < -0.3 is 10.1 Å². The van der Waals surface area contributed by atoms with Gasteiger partial charge in [-0.25, -0.2) is 4.98 Å². The normalized spacial score (nSPS) is 11.9. The second kappa shape index (κ2) is 6.78. The highest BCUT2D eigenvalue weighted by Gasteiger charge is 2.09. The van der Waals surface area contributed by atoms with Crippen LogP contribution in [0.4, 0.5) is 5.82 Å². The number of hydrogen-bond donors (Lipinski definition) is 1. The van der Waals surface area contributed by atoms with Gasteiger partial charge in [-0.05, 0) is 37.1 Å². The molecule has 19 heavy (non-hydrogen) atoms. The van der Waals surface area contributed by atoms with Gasteiger partial charge in [-0.3, -0.25) is 0 Å². The number of rotatable bonds is 6. The van der Waals surface area contributed by atoms with Gasteiger partial charge in [0.2, 0.25) is 0 Å². The minimum absolute atomic E-state index is 0.142. The van der Waals surface area contributed by atoms with Crippen LogP contribution < -0.4 is 10.1 Å². The van der Waals surface area contributed by atoms with Crippen molar-refractivity contribution in [2.45, 2.75) is 26.4 Å². The fourth-order valence-electron chi connectivity index (χ4n) is 1.82. The first kappa shape index (κ1) is 13.4. The fourth-order valence-corrected chi connectivity index (χ4v) is 1.82. The molecule has 0 saturated carbocycles. The van der Waals surface area contributed by atoms with E-state index in [4.69, 9.17) is 4.74 Å². The highest BCUT2D eigenvalue weighted by Crippen LogP contribution is 2.18. The Morgan fingerprint density at radius 2 is 1.95 bits per heavy atom. The van der Waals surface area contributed by atoms with Crippen molar-refractivity contribution in [3.8, 4) is 5.75 Å². The van der Waals surface area contributed by atoms with Crippen LogP contribution in [-0.2, 0) is 0 Å². The zero-order valence-corrected chi connectivity index (χ0v) is 11.5. The molecule has 0 aliphatic rings. The maximum Gasteiger partial charge on any atom is 0.125 e. The Balaban J connectivity index is 1.92. The number of nitrogens with zero attached hydrogens (tertiary/aromatic N) is 1. The van der Waals surface area contributed by atoms with E-state index in [-0.39, 0.29) is 6.10 Å². The lowest BCUT2D eigenvalue weighted by molar-refractivity contribution is 0.208. The van der Waals surface area contributed by atoms with E-state index in [1.807, 2.05) is 36.4 Å². The topological polar surface area (TPSA) is 34.2 Å². The average molecular weight is 256 g/mol. The Labute approximate surface area is 114 Å². The molecule has 0 radical (unpaired) electrons. The number of hydrogen-bond acceptors (Lipinski definition) is 3. The molecule has 2 aromatic rings. The number of para-hydroxylation sites is 1. The molecule has 0 bridgehead atoms. The zero-order valence-electron chi connectivity index (χ0n) is 11.5. The van der Waals surface area contributed by atoms with Gasteiger partial charge in [-0.2, -0.15) is 0 Å². The minimum Gasteiger partial charge on any atom is -0.488 e. The minimum atomic E-state index is 0.142. The second-order valence-electron chi connectivity index (χ2n) is 4.51. The highest BCUT2D eigenvalue weighted by molar-refractivity contribution is 5.34. The summed E-state index contributed by atoms with van der Waals surface area (Å²) in [5.74, 6) is 1.84. The molecule has 0 spiro atoms. The lowest BCUT2D eigenvalue weighted by Crippen LogP contribution is -2.25. The summed E-state index contributed by atoms with van der Waals surface area (Å²) < 4.78 is 6.03. The first-order chi connectivity index (χ1) is 9.29. The van der Waals surface area contributed by atoms with Crippen LogP contribution in [-0.4, -0.2) is 17.6 Å². The lowest BCUT2D eigenvalue weighted by atomic mass is 10.2. The van der Waals surface area contributed by atoms with Crippen molar-refractivity contribution in [3.63, 3.8) is 0 Å². The van der Waals surface area contributed by atoms with E-state index < -0.39 is 0 Å². The molecule has 100 valence electrons. The third-order valence-corrected chi connectivity index (χ3v) is 3.02. The number of aryl methyl sites for hydroxylation is 1. The maximum absolute atomic E-state index is 6.03. The van der Waals surface area contributed by atoms with Crippen molar-refractivity contribution in [1.82, 2.24) is 4.98 Å². The molecular formula is C16H20N2O. The smallest absolute Gasteiger partial charge is 0.125 e. The number of benzene rings is 1. The molecule has 0 aliphatic carbocycles. The molecule has 1 N–H and O–H groups in total. The SMILES string of the molecule is CCC(CNc1ccccn1)Oc1ccccc1C. The third-order valence-electron chi connectivity index (χ3n) is 3.02. The summed E-state index contributed by atoms with van der Waals surface area (Å²) in [6.45, 7) is 4.94. The quantitative estimate of drug-likeness (QED) is 0.856. The molecule has 0 fully saturated rings. The maximum atomic E-state index is 6.03. The predicted molar refractivity (Wildman–Crippen MR) is 78.6 cm³/mol. The van der Waals surface area contributed by atoms with Gasteiger partial charge in [0.15, 0.2) is 0 Å². The van der Waals surface area contributed by atoms with Crippen LogP contribution in [0.1, 0.15) is 18.9 Å². The molecule has 3 heteroatoms. The van der Waals surface area contributed by atoms with Crippen molar-refractivity contribution < 1.29 is 4.74 Å². The molecule has 1 heterocycles. The standard InChI is InChI=1S/C16H20N2O/c1-3-14(12-18-16-10-6-7-11-17-16)19-15-9-5-4-8-13(15)2/h4-11,14H,3,12H2,1-2H3,(H,17,18). The van der Waals surface area contributed by atoms with Crippen LogP contribution >= 0.6 is 0 Å². The van der Waals surface area contributed by atoms with E-state index in [1.54, 1.807) is 6.20 Å². The van der Waals surface area contributed by atoms with Gasteiger partial charge in [0.25, 0.3) is 0 Å². The molecule has 1 atom stereocenters. The van der Waals surface area contributed by atoms with E-state index in [0.29, 0.717) is 0 Å². The highest BCUT2D eigenvalue weighted by atomic mass is 16.5. The summed E-state index contributed by atoms with van der Waals surface area (Å²) in [5, 5.41) is 3.30. The van der Waals surface area contributed by atoms with Gasteiger partial charge >= 0.3 is 0 Å². The summed E-state index contributed by atoms with van der Waals surface area (Å²) >= 11 is 0. The second-order valence-corrected chi connectivity index (χ2v) is 4.51. The van der Waals surface area contributed by atoms with E-state index in [1.165, 1.54) is 5.56 Å². The van der Waals surface area contributed by atoms with Gasteiger partial charge in [0.1, 0.15) is 17.7 Å². The van der Waals surface area contributed by atoms with Gasteiger partial charge in [0, 0.05) is 6.20 Å². The molecule has 3 nitrogen and oxygen atoms in total. The van der Waals surface area contributed by atoms with Gasteiger partial charge in [0.05, 0.1) is 6.54 Å². The monoisotopic (exact) mass is 256 g/mol. The van der Waals surface area contributed by atoms with Crippen LogP contribution in [0.3, 0.4) is 0 Å². The summed E-state index contributed by atoms with van der Waals surface area (Å²) in [6, 6.07) is 13.9. The number of nitrogens with one attached hydrogen (secondary N) is 1. The first-order valence-corrected chi connectivity index (χ1v) is 6.66. The van der Waals surface area contributed by atoms with E-state index in [9.17, 15) is 0 Å². The Morgan fingerprint density at radius 3 is 2.63 bits per heavy atom. The van der Waals surface area contributed by atoms with Crippen molar-refractivity contribution in [3.05, 3.63) is 54.2 Å². The molecular weight excluding hydrogens is 236 g/mol. The lowest BCUT2D eigenvalue weighted by Gasteiger charge is -2.19. The Morgan fingerprint density at radius 1 is 1.16 bits per heavy atom. The molecule has 0 aliphatic heterocycles. The molecule has 1 aromatic heterocycles. The summed E-state index contributed by atoms with van der Waals surface area (Å²) in [5.41, 5.74) is 1.17. The largest absolute Gasteiger partial charge is 0.488 e. The molecule has 1 aromatic carbocycles. The van der Waals surface area contributed by atoms with Crippen molar-refractivity contribution >= 4 is 5.82 Å². The van der Waals surface area contributed by atoms with Crippen molar-refractivity contribution in [1.29, 1.82) is 0 Å². The Kier molecular flexibility index (Phi) is 4.78. The van der Waals surface area contributed by atoms with Crippen LogP contribution in [0, 0.1) is 6.92 Å². The molecule has 0 saturated heterocycles. The Bertz CT molecular complexity index is 499. The summed E-state index contributed by atoms with van der Waals surface area (Å²) in [7, 11) is 0. The van der Waals surface area contributed by atoms with Crippen molar-refractivity contribution in [2.24, 2.45) is 0 Å². The summed E-state index contributed by atoms with van der Waals surface area (Å²) in [6.07, 6.45) is 2.88. The number of ether oxygens (including phenoxy) is 1. The first-order valence-electron chi connectivity index (χ1n) is 6.66. The van der Waals surface area contributed by atoms with E-state index >= 15 is 0 Å². The zero-order chi connectivity index (χ0) is 13.5. The number of pyridine rings is 1. The summed E-state index contributed by atoms with van der Waals surface area (Å²) in [4.78, 5) is 4.24. The molecule has 2 rings (SSSR count). The fraction of sp³-hybridized carbons (Fsp3) is 0.312. The molecule has 0 amide bonds. The molecule has 1 unspecified atom stereocenters. The van der Waals surface area contributed by atoms with Gasteiger partial charge in [-0.1, -0.05) is 31.2 Å². The number of aromatic nitrogens is 1. The van der Waals surface area contributed by atoms with Gasteiger partial charge in [-0.15, -0.1) is 0 Å². The number of anilines is 1. The van der Waals surface area contributed by atoms with Crippen molar-refractivity contribution in [2.75, 3.05) is 11.9 Å². The average Bonchev–Trinajstić information content (AvgIpc) is 2.46. The Hall–Kier alpha value is -2.03. The van der Waals surface area contributed by atoms with E-state index in [0.717, 1.165) is 24.5 Å². The van der Waals surface area contributed by atoms with Crippen LogP contribution in [0.15, 0.2) is 48.7 Å². The third kappa shape index (κ3) is 3.98. The predicted octanol–water partition coefficient (Wildman–Crippen LogP) is 3.66. The van der Waals surface area contributed by atoms with Crippen LogP contribution in [0.5, 0.6) is 5.75 Å².